The van der Waals surface area contributed by atoms with E-state index in [1.165, 1.54) is 11.3 Å². The normalized spacial score (nSPS) is 13.8. The summed E-state index contributed by atoms with van der Waals surface area (Å²) in [5.41, 5.74) is 2.11. The molecule has 0 aliphatic heterocycles. The molecule has 4 rings (SSSR count). The van der Waals surface area contributed by atoms with Gasteiger partial charge in [-0.3, -0.25) is 19.4 Å². The van der Waals surface area contributed by atoms with E-state index in [1.807, 2.05) is 19.1 Å². The van der Waals surface area contributed by atoms with Crippen LogP contribution < -0.4 is 16.0 Å². The van der Waals surface area contributed by atoms with E-state index in [9.17, 15) is 14.4 Å². The standard InChI is InChI=1S/C23H22N4O3S/c1-14(25-23(30)19-8-9-20(31-19)27-22(29)16-2-3-16)15-4-6-18(7-5-15)26-21(28)17-10-12-24-13-11-17/h4-14,16H,2-3H2,1H3,(H,25,30)(H,26,28)(H,27,29). The average molecular weight is 435 g/mol. The Morgan fingerprint density at radius 1 is 0.935 bits per heavy atom. The molecule has 0 bridgehead atoms. The SMILES string of the molecule is CC(NC(=O)c1ccc(NC(=O)C2CC2)s1)c1ccc(NC(=O)c2ccncc2)cc1. The predicted molar refractivity (Wildman–Crippen MR) is 120 cm³/mol. The number of rotatable bonds is 7. The van der Waals surface area contributed by atoms with E-state index in [1.54, 1.807) is 48.8 Å². The first-order valence-electron chi connectivity index (χ1n) is 10.0. The molecule has 0 radical (unpaired) electrons. The number of carbonyl (C=O) groups excluding carboxylic acids is 3. The van der Waals surface area contributed by atoms with Crippen LogP contribution >= 0.6 is 11.3 Å². The van der Waals surface area contributed by atoms with Crippen molar-refractivity contribution in [2.75, 3.05) is 10.6 Å². The average Bonchev–Trinajstić information content (AvgIpc) is 3.54. The lowest BCUT2D eigenvalue weighted by Crippen LogP contribution is -2.25. The summed E-state index contributed by atoms with van der Waals surface area (Å²) < 4.78 is 0. The zero-order chi connectivity index (χ0) is 21.8. The Morgan fingerprint density at radius 2 is 1.65 bits per heavy atom. The van der Waals surface area contributed by atoms with E-state index in [-0.39, 0.29) is 29.7 Å². The van der Waals surface area contributed by atoms with Crippen LogP contribution in [0.5, 0.6) is 0 Å². The number of aromatic nitrogens is 1. The van der Waals surface area contributed by atoms with Gasteiger partial charge < -0.3 is 16.0 Å². The highest BCUT2D eigenvalue weighted by molar-refractivity contribution is 7.18. The van der Waals surface area contributed by atoms with Gasteiger partial charge >= 0.3 is 0 Å². The molecule has 1 aromatic carbocycles. The second kappa shape index (κ2) is 9.09. The Morgan fingerprint density at radius 3 is 2.32 bits per heavy atom. The van der Waals surface area contributed by atoms with Gasteiger partial charge in [0, 0.05) is 29.6 Å². The van der Waals surface area contributed by atoms with Crippen molar-refractivity contribution < 1.29 is 14.4 Å². The number of nitrogens with one attached hydrogen (secondary N) is 3. The summed E-state index contributed by atoms with van der Waals surface area (Å²) in [5.74, 6) is -0.256. The van der Waals surface area contributed by atoms with Gasteiger partial charge in [0.25, 0.3) is 11.8 Å². The van der Waals surface area contributed by atoms with Gasteiger partial charge in [0.2, 0.25) is 5.91 Å². The molecule has 0 saturated heterocycles. The molecule has 0 spiro atoms. The molecule has 1 fully saturated rings. The number of nitrogens with zero attached hydrogens (tertiary/aromatic N) is 1. The van der Waals surface area contributed by atoms with Gasteiger partial charge in [-0.2, -0.15) is 0 Å². The number of thiophene rings is 1. The first kappa shape index (κ1) is 20.7. The second-order valence-electron chi connectivity index (χ2n) is 7.43. The minimum atomic E-state index is -0.218. The van der Waals surface area contributed by atoms with Crippen molar-refractivity contribution in [3.05, 3.63) is 76.9 Å². The van der Waals surface area contributed by atoms with E-state index < -0.39 is 0 Å². The van der Waals surface area contributed by atoms with Gasteiger partial charge in [0.1, 0.15) is 0 Å². The Kier molecular flexibility index (Phi) is 6.08. The van der Waals surface area contributed by atoms with Gasteiger partial charge in [-0.25, -0.2) is 0 Å². The quantitative estimate of drug-likeness (QED) is 0.518. The van der Waals surface area contributed by atoms with Crippen molar-refractivity contribution in [3.8, 4) is 0 Å². The molecule has 7 nitrogen and oxygen atoms in total. The van der Waals surface area contributed by atoms with Gasteiger partial charge in [0.15, 0.2) is 0 Å². The molecular weight excluding hydrogens is 412 g/mol. The number of anilines is 2. The molecule has 1 saturated carbocycles. The monoisotopic (exact) mass is 434 g/mol. The van der Waals surface area contributed by atoms with Crippen LogP contribution in [-0.2, 0) is 4.79 Å². The van der Waals surface area contributed by atoms with Crippen LogP contribution in [0.15, 0.2) is 60.9 Å². The smallest absolute Gasteiger partial charge is 0.261 e. The molecule has 3 amide bonds. The maximum Gasteiger partial charge on any atom is 0.261 e. The molecule has 1 aliphatic rings. The van der Waals surface area contributed by atoms with Gasteiger partial charge in [0.05, 0.1) is 15.9 Å². The van der Waals surface area contributed by atoms with Crippen LogP contribution in [0.25, 0.3) is 0 Å². The zero-order valence-electron chi connectivity index (χ0n) is 16.9. The van der Waals surface area contributed by atoms with Gasteiger partial charge in [-0.15, -0.1) is 11.3 Å². The summed E-state index contributed by atoms with van der Waals surface area (Å²) in [7, 11) is 0. The number of carbonyl (C=O) groups is 3. The molecule has 31 heavy (non-hydrogen) atoms. The fraction of sp³-hybridized carbons (Fsp3) is 0.217. The highest BCUT2D eigenvalue weighted by Gasteiger charge is 2.30. The maximum absolute atomic E-state index is 12.6. The van der Waals surface area contributed by atoms with E-state index >= 15 is 0 Å². The Balaban J connectivity index is 1.32. The Labute approximate surface area is 183 Å². The van der Waals surface area contributed by atoms with Crippen molar-refractivity contribution in [1.82, 2.24) is 10.3 Å². The van der Waals surface area contributed by atoms with Crippen molar-refractivity contribution in [2.24, 2.45) is 5.92 Å². The van der Waals surface area contributed by atoms with Crippen LogP contribution in [0.1, 0.15) is 51.4 Å². The predicted octanol–water partition coefficient (Wildman–Crippen LogP) is 4.23. The third kappa shape index (κ3) is 5.35. The second-order valence-corrected chi connectivity index (χ2v) is 8.52. The van der Waals surface area contributed by atoms with Crippen molar-refractivity contribution in [1.29, 1.82) is 0 Å². The minimum absolute atomic E-state index is 0.0262. The number of hydrogen-bond donors (Lipinski definition) is 3. The van der Waals surface area contributed by atoms with Crippen LogP contribution in [0.2, 0.25) is 0 Å². The highest BCUT2D eigenvalue weighted by atomic mass is 32.1. The zero-order valence-corrected chi connectivity index (χ0v) is 17.7. The number of amides is 3. The summed E-state index contributed by atoms with van der Waals surface area (Å²) in [6.45, 7) is 1.89. The van der Waals surface area contributed by atoms with Crippen LogP contribution in [0.4, 0.5) is 10.7 Å². The summed E-state index contributed by atoms with van der Waals surface area (Å²) in [5, 5.41) is 9.34. The van der Waals surface area contributed by atoms with Gasteiger partial charge in [-0.05, 0) is 61.7 Å². The molecule has 2 heterocycles. The van der Waals surface area contributed by atoms with Crippen molar-refractivity contribution in [2.45, 2.75) is 25.8 Å². The fourth-order valence-electron chi connectivity index (χ4n) is 3.01. The molecule has 3 N–H and O–H groups in total. The fourth-order valence-corrected chi connectivity index (χ4v) is 3.82. The van der Waals surface area contributed by atoms with E-state index in [0.717, 1.165) is 18.4 Å². The first-order valence-corrected chi connectivity index (χ1v) is 10.8. The Hall–Kier alpha value is -3.52. The van der Waals surface area contributed by atoms with E-state index in [2.05, 4.69) is 20.9 Å². The molecule has 8 heteroatoms. The molecule has 158 valence electrons. The minimum Gasteiger partial charge on any atom is -0.345 e. The molecule has 1 aliphatic carbocycles. The molecule has 1 atom stereocenters. The van der Waals surface area contributed by atoms with Gasteiger partial charge in [-0.1, -0.05) is 12.1 Å². The first-order chi connectivity index (χ1) is 15.0. The lowest BCUT2D eigenvalue weighted by atomic mass is 10.1. The van der Waals surface area contributed by atoms with Crippen LogP contribution in [0.3, 0.4) is 0 Å². The third-order valence-corrected chi connectivity index (χ3v) is 5.98. The largest absolute Gasteiger partial charge is 0.345 e. The van der Waals surface area contributed by atoms with Crippen molar-refractivity contribution >= 4 is 39.7 Å². The highest BCUT2D eigenvalue weighted by Crippen LogP contribution is 2.31. The molecule has 1 unspecified atom stereocenters. The third-order valence-electron chi connectivity index (χ3n) is 4.98. The van der Waals surface area contributed by atoms with Crippen LogP contribution in [0, 0.1) is 5.92 Å². The number of pyridine rings is 1. The number of benzene rings is 1. The van der Waals surface area contributed by atoms with Crippen LogP contribution in [-0.4, -0.2) is 22.7 Å². The van der Waals surface area contributed by atoms with E-state index in [4.69, 9.17) is 0 Å². The molecular formula is C23H22N4O3S. The summed E-state index contributed by atoms with van der Waals surface area (Å²) in [4.78, 5) is 41.1. The molecule has 2 aromatic heterocycles. The molecule has 3 aromatic rings. The summed E-state index contributed by atoms with van der Waals surface area (Å²) >= 11 is 1.26. The maximum atomic E-state index is 12.6. The lowest BCUT2D eigenvalue weighted by molar-refractivity contribution is -0.117. The summed E-state index contributed by atoms with van der Waals surface area (Å²) in [6.07, 6.45) is 5.02. The topological polar surface area (TPSA) is 100 Å². The van der Waals surface area contributed by atoms with Crippen molar-refractivity contribution in [3.63, 3.8) is 0 Å². The van der Waals surface area contributed by atoms with E-state index in [0.29, 0.717) is 21.1 Å². The summed E-state index contributed by atoms with van der Waals surface area (Å²) in [6, 6.07) is 13.9. The lowest BCUT2D eigenvalue weighted by Gasteiger charge is -2.14. The Bertz CT molecular complexity index is 1090. The number of hydrogen-bond acceptors (Lipinski definition) is 5.